The molecule has 1 heterocycles. The number of piperidine rings is 1. The highest BCUT2D eigenvalue weighted by Gasteiger charge is 2.44. The fourth-order valence-electron chi connectivity index (χ4n) is 3.73. The maximum absolute atomic E-state index is 12.4. The van der Waals surface area contributed by atoms with Crippen LogP contribution in [-0.4, -0.2) is 16.7 Å². The molecule has 3 rings (SSSR count). The van der Waals surface area contributed by atoms with Crippen LogP contribution < -0.4 is 5.73 Å². The molecule has 2 N–H and O–H groups in total. The molecule has 0 radical (unpaired) electrons. The van der Waals surface area contributed by atoms with Crippen molar-refractivity contribution in [2.45, 2.75) is 52.0 Å². The highest BCUT2D eigenvalue weighted by Crippen LogP contribution is 2.47. The van der Waals surface area contributed by atoms with Crippen LogP contribution in [-0.2, 0) is 16.1 Å². The third kappa shape index (κ3) is 2.55. The maximum Gasteiger partial charge on any atom is 0.230 e. The van der Waals surface area contributed by atoms with Crippen molar-refractivity contribution >= 4 is 17.5 Å². The summed E-state index contributed by atoms with van der Waals surface area (Å²) in [5, 5.41) is 0. The third-order valence-corrected chi connectivity index (χ3v) is 5.14. The summed E-state index contributed by atoms with van der Waals surface area (Å²) in [6.45, 7) is 2.28. The minimum atomic E-state index is -0.0323. The first-order chi connectivity index (χ1) is 10.0. The van der Waals surface area contributed by atoms with Crippen molar-refractivity contribution in [2.75, 3.05) is 5.73 Å². The summed E-state index contributed by atoms with van der Waals surface area (Å²) in [5.41, 5.74) is 8.49. The monoisotopic (exact) mass is 286 g/mol. The SMILES string of the molecule is Cc1c(N)cccc1CN1C(=O)CC2(CCCC2)CC1=O. The van der Waals surface area contributed by atoms with Crippen LogP contribution in [0.15, 0.2) is 18.2 Å². The van der Waals surface area contributed by atoms with Crippen LogP contribution in [0.25, 0.3) is 0 Å². The quantitative estimate of drug-likeness (QED) is 0.671. The zero-order chi connectivity index (χ0) is 15.0. The molecule has 1 spiro atoms. The lowest BCUT2D eigenvalue weighted by Gasteiger charge is -2.37. The smallest absolute Gasteiger partial charge is 0.230 e. The molecule has 1 aliphatic heterocycles. The second kappa shape index (κ2) is 5.17. The minimum Gasteiger partial charge on any atom is -0.399 e. The Labute approximate surface area is 125 Å². The van der Waals surface area contributed by atoms with Gasteiger partial charge < -0.3 is 5.73 Å². The van der Waals surface area contributed by atoms with Crippen molar-refractivity contribution in [3.05, 3.63) is 29.3 Å². The fraction of sp³-hybridized carbons (Fsp3) is 0.529. The molecule has 1 aromatic rings. The van der Waals surface area contributed by atoms with Gasteiger partial charge >= 0.3 is 0 Å². The van der Waals surface area contributed by atoms with Crippen molar-refractivity contribution < 1.29 is 9.59 Å². The summed E-state index contributed by atoms with van der Waals surface area (Å²) < 4.78 is 0. The molecule has 0 bridgehead atoms. The van der Waals surface area contributed by atoms with Crippen LogP contribution in [0.4, 0.5) is 5.69 Å². The summed E-state index contributed by atoms with van der Waals surface area (Å²) in [6.07, 6.45) is 5.40. The number of carbonyl (C=O) groups is 2. The van der Waals surface area contributed by atoms with Crippen LogP contribution >= 0.6 is 0 Å². The number of nitrogens with two attached hydrogens (primary N) is 1. The molecular weight excluding hydrogens is 264 g/mol. The Morgan fingerprint density at radius 3 is 2.38 bits per heavy atom. The molecule has 112 valence electrons. The molecule has 1 saturated heterocycles. The van der Waals surface area contributed by atoms with E-state index in [0.29, 0.717) is 25.1 Å². The van der Waals surface area contributed by atoms with E-state index in [9.17, 15) is 9.59 Å². The zero-order valence-corrected chi connectivity index (χ0v) is 12.5. The number of nitrogens with zero attached hydrogens (tertiary/aromatic N) is 1. The summed E-state index contributed by atoms with van der Waals surface area (Å²) in [7, 11) is 0. The number of benzene rings is 1. The van der Waals surface area contributed by atoms with Gasteiger partial charge in [0.15, 0.2) is 0 Å². The summed E-state index contributed by atoms with van der Waals surface area (Å²) in [4.78, 5) is 26.3. The van der Waals surface area contributed by atoms with Gasteiger partial charge in [-0.3, -0.25) is 14.5 Å². The van der Waals surface area contributed by atoms with E-state index in [2.05, 4.69) is 0 Å². The van der Waals surface area contributed by atoms with Gasteiger partial charge in [0.1, 0.15) is 0 Å². The number of hydrogen-bond donors (Lipinski definition) is 1. The molecule has 1 saturated carbocycles. The Morgan fingerprint density at radius 1 is 1.14 bits per heavy atom. The molecule has 21 heavy (non-hydrogen) atoms. The number of amides is 2. The van der Waals surface area contributed by atoms with E-state index in [0.717, 1.165) is 36.8 Å². The van der Waals surface area contributed by atoms with Gasteiger partial charge in [0.05, 0.1) is 6.54 Å². The topological polar surface area (TPSA) is 63.4 Å². The highest BCUT2D eigenvalue weighted by molar-refractivity contribution is 5.98. The predicted molar refractivity (Wildman–Crippen MR) is 81.3 cm³/mol. The number of carbonyl (C=O) groups excluding carboxylic acids is 2. The van der Waals surface area contributed by atoms with E-state index in [1.54, 1.807) is 0 Å². The second-order valence-electron chi connectivity index (χ2n) is 6.57. The van der Waals surface area contributed by atoms with Crippen LogP contribution in [0.1, 0.15) is 49.7 Å². The number of imide groups is 1. The predicted octanol–water partition coefficient (Wildman–Crippen LogP) is 2.79. The molecule has 1 aliphatic carbocycles. The molecular formula is C17H22N2O2. The van der Waals surface area contributed by atoms with Crippen LogP contribution in [0.5, 0.6) is 0 Å². The lowest BCUT2D eigenvalue weighted by Crippen LogP contribution is -2.46. The molecule has 2 aliphatic rings. The second-order valence-corrected chi connectivity index (χ2v) is 6.57. The van der Waals surface area contributed by atoms with Crippen LogP contribution in [0.3, 0.4) is 0 Å². The average molecular weight is 286 g/mol. The van der Waals surface area contributed by atoms with E-state index in [-0.39, 0.29) is 17.2 Å². The van der Waals surface area contributed by atoms with Crippen molar-refractivity contribution in [3.63, 3.8) is 0 Å². The Balaban J connectivity index is 1.79. The van der Waals surface area contributed by atoms with Gasteiger partial charge in [0.25, 0.3) is 0 Å². The highest BCUT2D eigenvalue weighted by atomic mass is 16.2. The molecule has 0 unspecified atom stereocenters. The molecule has 4 nitrogen and oxygen atoms in total. The van der Waals surface area contributed by atoms with E-state index in [4.69, 9.17) is 5.73 Å². The first-order valence-corrected chi connectivity index (χ1v) is 7.68. The van der Waals surface area contributed by atoms with Gasteiger partial charge in [-0.1, -0.05) is 25.0 Å². The van der Waals surface area contributed by atoms with Crippen molar-refractivity contribution in [3.8, 4) is 0 Å². The van der Waals surface area contributed by atoms with Crippen molar-refractivity contribution in [1.82, 2.24) is 4.90 Å². The minimum absolute atomic E-state index is 0.0185. The molecule has 2 amide bonds. The Morgan fingerprint density at radius 2 is 1.76 bits per heavy atom. The zero-order valence-electron chi connectivity index (χ0n) is 12.5. The summed E-state index contributed by atoms with van der Waals surface area (Å²) >= 11 is 0. The van der Waals surface area contributed by atoms with Gasteiger partial charge in [-0.2, -0.15) is 0 Å². The summed E-state index contributed by atoms with van der Waals surface area (Å²) in [5.74, 6) is -0.0371. The normalized spacial score (nSPS) is 21.3. The number of hydrogen-bond acceptors (Lipinski definition) is 3. The first kappa shape index (κ1) is 14.1. The first-order valence-electron chi connectivity index (χ1n) is 7.68. The number of likely N-dealkylation sites (tertiary alicyclic amines) is 1. The van der Waals surface area contributed by atoms with Gasteiger partial charge in [0, 0.05) is 18.5 Å². The lowest BCUT2D eigenvalue weighted by molar-refractivity contribution is -0.154. The Bertz CT molecular complexity index is 568. The summed E-state index contributed by atoms with van der Waals surface area (Å²) in [6, 6.07) is 5.65. The Kier molecular flexibility index (Phi) is 3.47. The largest absolute Gasteiger partial charge is 0.399 e. The number of rotatable bonds is 2. The van der Waals surface area contributed by atoms with Gasteiger partial charge in [-0.05, 0) is 42.4 Å². The van der Waals surface area contributed by atoms with Gasteiger partial charge in [-0.15, -0.1) is 0 Å². The number of anilines is 1. The molecule has 0 atom stereocenters. The van der Waals surface area contributed by atoms with Crippen molar-refractivity contribution in [2.24, 2.45) is 5.41 Å². The Hall–Kier alpha value is -1.84. The fourth-order valence-corrected chi connectivity index (χ4v) is 3.73. The van der Waals surface area contributed by atoms with Crippen molar-refractivity contribution in [1.29, 1.82) is 0 Å². The van der Waals surface area contributed by atoms with E-state index in [1.807, 2.05) is 25.1 Å². The van der Waals surface area contributed by atoms with E-state index >= 15 is 0 Å². The molecule has 2 fully saturated rings. The van der Waals surface area contributed by atoms with Gasteiger partial charge in [-0.25, -0.2) is 0 Å². The number of nitrogen functional groups attached to an aromatic ring is 1. The van der Waals surface area contributed by atoms with Gasteiger partial charge in [0.2, 0.25) is 11.8 Å². The molecule has 1 aromatic carbocycles. The van der Waals surface area contributed by atoms with Crippen LogP contribution in [0.2, 0.25) is 0 Å². The van der Waals surface area contributed by atoms with Crippen LogP contribution in [0, 0.1) is 12.3 Å². The standard InChI is InChI=1S/C17H22N2O2/c1-12-13(5-4-6-14(12)18)11-19-15(20)9-17(10-16(19)21)7-2-3-8-17/h4-6H,2-3,7-11,18H2,1H3. The molecule has 4 heteroatoms. The molecule has 0 aromatic heterocycles. The average Bonchev–Trinajstić information content (AvgIpc) is 2.86. The lowest BCUT2D eigenvalue weighted by atomic mass is 9.76. The van der Waals surface area contributed by atoms with E-state index < -0.39 is 0 Å². The third-order valence-electron chi connectivity index (χ3n) is 5.14. The van der Waals surface area contributed by atoms with E-state index in [1.165, 1.54) is 4.90 Å². The maximum atomic E-state index is 12.4.